The number of hydrogen-bond donors (Lipinski definition) is 1. The molecule has 14 heavy (non-hydrogen) atoms. The Hall–Kier alpha value is -0.650. The third kappa shape index (κ3) is 4.55. The molecular formula is C9H18NO4+. The van der Waals surface area contributed by atoms with Gasteiger partial charge in [0, 0.05) is 7.11 Å². The van der Waals surface area contributed by atoms with Crippen molar-refractivity contribution in [3.8, 4) is 0 Å². The van der Waals surface area contributed by atoms with E-state index in [0.29, 0.717) is 19.8 Å². The number of rotatable bonds is 5. The highest BCUT2D eigenvalue weighted by Gasteiger charge is 2.15. The molecule has 0 unspecified atom stereocenters. The van der Waals surface area contributed by atoms with Crippen molar-refractivity contribution < 1.29 is 23.9 Å². The first-order chi connectivity index (χ1) is 6.83. The molecule has 1 aliphatic heterocycles. The largest absolute Gasteiger partial charge is 0.415 e. The lowest BCUT2D eigenvalue weighted by Gasteiger charge is -2.22. The summed E-state index contributed by atoms with van der Waals surface area (Å²) in [5.41, 5.74) is 0. The summed E-state index contributed by atoms with van der Waals surface area (Å²) in [6.07, 6.45) is 0.334. The van der Waals surface area contributed by atoms with E-state index in [9.17, 15) is 4.79 Å². The molecule has 82 valence electrons. The number of hydrogen-bond acceptors (Lipinski definition) is 4. The predicted octanol–water partition coefficient (Wildman–Crippen LogP) is -1.56. The van der Waals surface area contributed by atoms with Gasteiger partial charge in [0.2, 0.25) is 6.73 Å². The van der Waals surface area contributed by atoms with Crippen molar-refractivity contribution in [2.24, 2.45) is 0 Å². The molecule has 1 N–H and O–H groups in total. The maximum Gasteiger partial charge on any atom is 0.312 e. The number of carbonyl (C=O) groups excluding carboxylic acids is 1. The lowest BCUT2D eigenvalue weighted by Crippen LogP contribution is -3.14. The highest BCUT2D eigenvalue weighted by molar-refractivity contribution is 5.69. The van der Waals surface area contributed by atoms with Gasteiger partial charge in [-0.25, -0.2) is 0 Å². The molecule has 0 saturated carbocycles. The molecule has 0 spiro atoms. The quantitative estimate of drug-likeness (QED) is 0.550. The van der Waals surface area contributed by atoms with Crippen LogP contribution >= 0.6 is 0 Å². The number of ether oxygens (including phenoxy) is 3. The van der Waals surface area contributed by atoms with Crippen molar-refractivity contribution in [1.29, 1.82) is 0 Å². The van der Waals surface area contributed by atoms with E-state index >= 15 is 0 Å². The van der Waals surface area contributed by atoms with Crippen LogP contribution in [0.2, 0.25) is 0 Å². The fourth-order valence-corrected chi connectivity index (χ4v) is 1.24. The molecule has 0 atom stereocenters. The van der Waals surface area contributed by atoms with Crippen LogP contribution in [0.3, 0.4) is 0 Å². The number of morpholine rings is 1. The lowest BCUT2D eigenvalue weighted by molar-refractivity contribution is -0.924. The Morgan fingerprint density at radius 1 is 1.43 bits per heavy atom. The summed E-state index contributed by atoms with van der Waals surface area (Å²) in [4.78, 5) is 12.4. The van der Waals surface area contributed by atoms with E-state index in [1.54, 1.807) is 7.11 Å². The fraction of sp³-hybridized carbons (Fsp3) is 0.889. The van der Waals surface area contributed by atoms with Crippen molar-refractivity contribution >= 4 is 5.97 Å². The molecule has 0 aromatic heterocycles. The third-order valence-corrected chi connectivity index (χ3v) is 2.15. The van der Waals surface area contributed by atoms with E-state index in [2.05, 4.69) is 0 Å². The van der Waals surface area contributed by atoms with Crippen LogP contribution in [-0.2, 0) is 19.0 Å². The molecule has 0 amide bonds. The zero-order valence-electron chi connectivity index (χ0n) is 8.58. The summed E-state index contributed by atoms with van der Waals surface area (Å²) < 4.78 is 15.0. The number of nitrogens with one attached hydrogen (secondary N) is 1. The smallest absolute Gasteiger partial charge is 0.312 e. The molecule has 1 saturated heterocycles. The molecule has 0 bridgehead atoms. The van der Waals surface area contributed by atoms with Crippen molar-refractivity contribution in [2.75, 3.05) is 46.8 Å². The Labute approximate surface area is 83.9 Å². The molecule has 1 rings (SSSR count). The number of methoxy groups -OCH3 is 1. The summed E-state index contributed by atoms with van der Waals surface area (Å²) in [5.74, 6) is -0.189. The van der Waals surface area contributed by atoms with E-state index in [1.165, 1.54) is 4.90 Å². The lowest BCUT2D eigenvalue weighted by atomic mass is 10.4. The minimum absolute atomic E-state index is 0.189. The Morgan fingerprint density at radius 2 is 2.14 bits per heavy atom. The van der Waals surface area contributed by atoms with Crippen LogP contribution in [-0.4, -0.2) is 52.7 Å². The molecule has 0 radical (unpaired) electrons. The van der Waals surface area contributed by atoms with Crippen LogP contribution in [0.25, 0.3) is 0 Å². The molecule has 0 aliphatic carbocycles. The second-order valence-corrected chi connectivity index (χ2v) is 3.27. The van der Waals surface area contributed by atoms with Gasteiger partial charge in [0.05, 0.1) is 26.2 Å². The van der Waals surface area contributed by atoms with Gasteiger partial charge < -0.3 is 14.2 Å². The topological polar surface area (TPSA) is 49.2 Å². The molecule has 0 aromatic rings. The second-order valence-electron chi connectivity index (χ2n) is 3.27. The van der Waals surface area contributed by atoms with Crippen LogP contribution in [0.15, 0.2) is 0 Å². The van der Waals surface area contributed by atoms with Crippen molar-refractivity contribution in [3.63, 3.8) is 0 Å². The Kier molecular flexibility index (Phi) is 5.51. The van der Waals surface area contributed by atoms with Gasteiger partial charge in [-0.3, -0.25) is 9.69 Å². The summed E-state index contributed by atoms with van der Waals surface area (Å²) in [7, 11) is 1.57. The third-order valence-electron chi connectivity index (χ3n) is 2.15. The zero-order chi connectivity index (χ0) is 10.2. The highest BCUT2D eigenvalue weighted by atomic mass is 16.5. The average Bonchev–Trinajstić information content (AvgIpc) is 2.25. The number of quaternary nitrogens is 1. The number of esters is 1. The van der Waals surface area contributed by atoms with Gasteiger partial charge in [0.15, 0.2) is 0 Å². The van der Waals surface area contributed by atoms with Gasteiger partial charge in [0.1, 0.15) is 13.1 Å². The van der Waals surface area contributed by atoms with E-state index in [4.69, 9.17) is 14.2 Å². The van der Waals surface area contributed by atoms with Crippen molar-refractivity contribution in [1.82, 2.24) is 0 Å². The van der Waals surface area contributed by atoms with Gasteiger partial charge in [-0.05, 0) is 0 Å². The second kappa shape index (κ2) is 6.75. The minimum atomic E-state index is -0.189. The van der Waals surface area contributed by atoms with E-state index in [1.807, 2.05) is 0 Å². The van der Waals surface area contributed by atoms with Gasteiger partial charge in [-0.2, -0.15) is 0 Å². The Bertz CT molecular complexity index is 168. The molecule has 1 aliphatic rings. The Balaban J connectivity index is 2.03. The van der Waals surface area contributed by atoms with Crippen molar-refractivity contribution in [3.05, 3.63) is 0 Å². The summed E-state index contributed by atoms with van der Waals surface area (Å²) in [6.45, 7) is 4.22. The zero-order valence-corrected chi connectivity index (χ0v) is 8.58. The maximum absolute atomic E-state index is 11.1. The standard InChI is InChI=1S/C9H17NO4/c1-12-5-2-9(11)14-8-10-3-6-13-7-4-10/h2-8H2,1H3/p+1. The maximum atomic E-state index is 11.1. The molecule has 1 heterocycles. The summed E-state index contributed by atoms with van der Waals surface area (Å²) in [6, 6.07) is 0. The van der Waals surface area contributed by atoms with E-state index in [0.717, 1.165) is 26.3 Å². The fourth-order valence-electron chi connectivity index (χ4n) is 1.24. The van der Waals surface area contributed by atoms with Gasteiger partial charge in [-0.1, -0.05) is 0 Å². The first kappa shape index (κ1) is 11.4. The van der Waals surface area contributed by atoms with Gasteiger partial charge >= 0.3 is 5.97 Å². The summed E-state index contributed by atoms with van der Waals surface area (Å²) in [5, 5.41) is 0. The first-order valence-corrected chi connectivity index (χ1v) is 4.89. The minimum Gasteiger partial charge on any atom is -0.415 e. The average molecular weight is 204 g/mol. The molecular weight excluding hydrogens is 186 g/mol. The van der Waals surface area contributed by atoms with Crippen molar-refractivity contribution in [2.45, 2.75) is 6.42 Å². The SMILES string of the molecule is COCCC(=O)OC[NH+]1CCOCC1. The monoisotopic (exact) mass is 204 g/mol. The number of carbonyl (C=O) groups is 1. The molecule has 0 aromatic carbocycles. The van der Waals surface area contributed by atoms with E-state index in [-0.39, 0.29) is 5.97 Å². The summed E-state index contributed by atoms with van der Waals surface area (Å²) >= 11 is 0. The molecule has 1 fully saturated rings. The van der Waals surface area contributed by atoms with Crippen LogP contribution in [0.5, 0.6) is 0 Å². The van der Waals surface area contributed by atoms with Crippen LogP contribution in [0.1, 0.15) is 6.42 Å². The molecule has 5 heteroatoms. The Morgan fingerprint density at radius 3 is 2.79 bits per heavy atom. The van der Waals surface area contributed by atoms with Crippen LogP contribution in [0, 0.1) is 0 Å². The molecule has 5 nitrogen and oxygen atoms in total. The first-order valence-electron chi connectivity index (χ1n) is 4.89. The highest BCUT2D eigenvalue weighted by Crippen LogP contribution is 1.85. The van der Waals surface area contributed by atoms with E-state index < -0.39 is 0 Å². The van der Waals surface area contributed by atoms with Crippen LogP contribution < -0.4 is 4.90 Å². The van der Waals surface area contributed by atoms with Gasteiger partial charge in [0.25, 0.3) is 0 Å². The van der Waals surface area contributed by atoms with Crippen LogP contribution in [0.4, 0.5) is 0 Å². The predicted molar refractivity (Wildman–Crippen MR) is 49.0 cm³/mol. The normalized spacial score (nSPS) is 18.1. The van der Waals surface area contributed by atoms with Gasteiger partial charge in [-0.15, -0.1) is 0 Å².